The smallest absolute Gasteiger partial charge is 0.319 e. The molecule has 9 heteroatoms. The second-order valence-corrected chi connectivity index (χ2v) is 8.66. The van der Waals surface area contributed by atoms with E-state index in [2.05, 4.69) is 10.6 Å². The van der Waals surface area contributed by atoms with Gasteiger partial charge in [-0.3, -0.25) is 14.4 Å². The molecule has 1 aliphatic rings. The molecule has 0 aromatic heterocycles. The number of amides is 2. The molecule has 0 spiro atoms. The molecule has 34 heavy (non-hydrogen) atoms. The molecule has 0 bridgehead atoms. The number of nitrogens with zero attached hydrogens (tertiary/aromatic N) is 1. The van der Waals surface area contributed by atoms with Crippen molar-refractivity contribution in [1.29, 1.82) is 5.26 Å². The third kappa shape index (κ3) is 5.29. The van der Waals surface area contributed by atoms with Gasteiger partial charge in [0.05, 0.1) is 29.0 Å². The lowest BCUT2D eigenvalue weighted by molar-refractivity contribution is -0.152. The topological polar surface area (TPSA) is 108 Å². The summed E-state index contributed by atoms with van der Waals surface area (Å²) in [6.45, 7) is 5.37. The van der Waals surface area contributed by atoms with Crippen molar-refractivity contribution in [1.82, 2.24) is 5.32 Å². The van der Waals surface area contributed by atoms with Gasteiger partial charge in [0.25, 0.3) is 0 Å². The Morgan fingerprint density at radius 1 is 1.18 bits per heavy atom. The van der Waals surface area contributed by atoms with Gasteiger partial charge in [0.15, 0.2) is 0 Å². The Morgan fingerprint density at radius 3 is 2.47 bits per heavy atom. The van der Waals surface area contributed by atoms with Crippen molar-refractivity contribution in [2.45, 2.75) is 26.7 Å². The molecule has 0 saturated carbocycles. The standard InChI is InChI=1S/C25H24FN3O4S/c1-4-33-25(32)21-20(16-10-5-6-11-18(16)26)17(12-27)24(29-23(21)31)34-13-19(30)28-22-14(2)8-7-9-15(22)3/h5-11,20-21H,4,13H2,1-3H3,(H,28,30)(H,29,31)/t20-,21+/m0/s1. The predicted molar refractivity (Wildman–Crippen MR) is 127 cm³/mol. The van der Waals surface area contributed by atoms with Crippen LogP contribution in [-0.2, 0) is 19.1 Å². The van der Waals surface area contributed by atoms with Gasteiger partial charge in [0.1, 0.15) is 11.7 Å². The maximum absolute atomic E-state index is 14.7. The van der Waals surface area contributed by atoms with Crippen LogP contribution >= 0.6 is 11.8 Å². The number of benzene rings is 2. The van der Waals surface area contributed by atoms with Crippen molar-refractivity contribution >= 4 is 35.2 Å². The van der Waals surface area contributed by atoms with Gasteiger partial charge in [-0.15, -0.1) is 0 Å². The highest BCUT2D eigenvalue weighted by Crippen LogP contribution is 2.41. The van der Waals surface area contributed by atoms with Crippen LogP contribution in [0, 0.1) is 36.9 Å². The number of carbonyl (C=O) groups excluding carboxylic acids is 3. The van der Waals surface area contributed by atoms with Crippen LogP contribution in [0.15, 0.2) is 53.1 Å². The third-order valence-electron chi connectivity index (χ3n) is 5.40. The number of esters is 1. The molecule has 3 rings (SSSR count). The number of allylic oxidation sites excluding steroid dienone is 1. The SMILES string of the molecule is CCOC(=O)[C@H]1C(=O)NC(SCC(=O)Nc2c(C)cccc2C)=C(C#N)[C@@H]1c1ccccc1F. The minimum absolute atomic E-state index is 0.00683. The van der Waals surface area contributed by atoms with Crippen molar-refractivity contribution in [3.05, 3.63) is 75.6 Å². The molecule has 2 aromatic carbocycles. The molecule has 7 nitrogen and oxygen atoms in total. The molecule has 1 aliphatic heterocycles. The summed E-state index contributed by atoms with van der Waals surface area (Å²) in [6, 6.07) is 13.3. The monoisotopic (exact) mass is 481 g/mol. The van der Waals surface area contributed by atoms with Crippen LogP contribution < -0.4 is 10.6 Å². The number of thioether (sulfide) groups is 1. The Balaban J connectivity index is 1.93. The van der Waals surface area contributed by atoms with Crippen LogP contribution in [0.1, 0.15) is 29.5 Å². The number of nitriles is 1. The zero-order valence-corrected chi connectivity index (χ0v) is 19.8. The summed E-state index contributed by atoms with van der Waals surface area (Å²) in [5.41, 5.74) is 2.52. The van der Waals surface area contributed by atoms with Crippen LogP contribution in [0.3, 0.4) is 0 Å². The predicted octanol–water partition coefficient (Wildman–Crippen LogP) is 3.94. The number of rotatable bonds is 7. The molecule has 0 radical (unpaired) electrons. The van der Waals surface area contributed by atoms with Crippen LogP contribution in [0.25, 0.3) is 0 Å². The van der Waals surface area contributed by atoms with E-state index < -0.39 is 29.5 Å². The fourth-order valence-corrected chi connectivity index (χ4v) is 4.66. The molecule has 0 fully saturated rings. The van der Waals surface area contributed by atoms with Gasteiger partial charge < -0.3 is 15.4 Å². The minimum Gasteiger partial charge on any atom is -0.465 e. The summed E-state index contributed by atoms with van der Waals surface area (Å²) in [5, 5.41) is 15.4. The Bertz CT molecular complexity index is 1180. The quantitative estimate of drug-likeness (QED) is 0.458. The van der Waals surface area contributed by atoms with E-state index in [1.807, 2.05) is 38.1 Å². The average molecular weight is 482 g/mol. The normalized spacial score (nSPS) is 17.6. The Hall–Kier alpha value is -3.64. The van der Waals surface area contributed by atoms with Crippen LogP contribution in [0.2, 0.25) is 0 Å². The molecule has 2 atom stereocenters. The number of aryl methyl sites for hydroxylation is 2. The number of anilines is 1. The fourth-order valence-electron chi connectivity index (χ4n) is 3.81. The molecular formula is C25H24FN3O4S. The third-order valence-corrected chi connectivity index (χ3v) is 6.42. The number of hydrogen-bond donors (Lipinski definition) is 2. The summed E-state index contributed by atoms with van der Waals surface area (Å²) in [4.78, 5) is 38.1. The number of carbonyl (C=O) groups is 3. The maximum atomic E-state index is 14.7. The van der Waals surface area contributed by atoms with Gasteiger partial charge in [-0.2, -0.15) is 5.26 Å². The van der Waals surface area contributed by atoms with E-state index in [0.29, 0.717) is 5.69 Å². The molecule has 2 N–H and O–H groups in total. The lowest BCUT2D eigenvalue weighted by atomic mass is 9.78. The molecular weight excluding hydrogens is 457 g/mol. The van der Waals surface area contributed by atoms with Crippen molar-refractivity contribution in [2.24, 2.45) is 5.92 Å². The van der Waals surface area contributed by atoms with Crippen molar-refractivity contribution in [3.8, 4) is 6.07 Å². The lowest BCUT2D eigenvalue weighted by Gasteiger charge is -2.31. The van der Waals surface area contributed by atoms with Gasteiger partial charge in [-0.1, -0.05) is 48.2 Å². The number of ether oxygens (including phenoxy) is 1. The summed E-state index contributed by atoms with van der Waals surface area (Å²) >= 11 is 0.943. The highest BCUT2D eigenvalue weighted by molar-refractivity contribution is 8.03. The largest absolute Gasteiger partial charge is 0.465 e. The van der Waals surface area contributed by atoms with Gasteiger partial charge >= 0.3 is 5.97 Å². The van der Waals surface area contributed by atoms with Gasteiger partial charge in [-0.25, -0.2) is 4.39 Å². The fraction of sp³-hybridized carbons (Fsp3) is 0.280. The second-order valence-electron chi connectivity index (χ2n) is 7.68. The molecule has 0 saturated heterocycles. The summed E-state index contributed by atoms with van der Waals surface area (Å²) in [7, 11) is 0. The Labute approximate surface area is 201 Å². The molecule has 176 valence electrons. The molecule has 2 amide bonds. The first-order valence-electron chi connectivity index (χ1n) is 10.6. The molecule has 0 unspecified atom stereocenters. The van der Waals surface area contributed by atoms with Gasteiger partial charge in [-0.05, 0) is 43.5 Å². The van der Waals surface area contributed by atoms with Crippen molar-refractivity contribution in [3.63, 3.8) is 0 Å². The average Bonchev–Trinajstić information content (AvgIpc) is 2.80. The summed E-state index contributed by atoms with van der Waals surface area (Å²) in [6.07, 6.45) is 0. The number of nitrogens with one attached hydrogen (secondary N) is 2. The van der Waals surface area contributed by atoms with Crippen LogP contribution in [-0.4, -0.2) is 30.1 Å². The number of para-hydroxylation sites is 1. The van der Waals surface area contributed by atoms with E-state index in [9.17, 15) is 24.0 Å². The maximum Gasteiger partial charge on any atom is 0.319 e. The molecule has 1 heterocycles. The van der Waals surface area contributed by atoms with E-state index in [-0.39, 0.29) is 34.4 Å². The molecule has 2 aromatic rings. The van der Waals surface area contributed by atoms with Crippen molar-refractivity contribution < 1.29 is 23.5 Å². The summed E-state index contributed by atoms with van der Waals surface area (Å²) < 4.78 is 19.7. The second kappa shape index (κ2) is 11.0. The van der Waals surface area contributed by atoms with Crippen molar-refractivity contribution in [2.75, 3.05) is 17.7 Å². The van der Waals surface area contributed by atoms with Crippen LogP contribution in [0.5, 0.6) is 0 Å². The zero-order chi connectivity index (χ0) is 24.8. The molecule has 0 aliphatic carbocycles. The highest BCUT2D eigenvalue weighted by Gasteiger charge is 2.45. The lowest BCUT2D eigenvalue weighted by Crippen LogP contribution is -2.44. The Morgan fingerprint density at radius 2 is 1.85 bits per heavy atom. The number of hydrogen-bond acceptors (Lipinski definition) is 6. The zero-order valence-electron chi connectivity index (χ0n) is 19.0. The van der Waals surface area contributed by atoms with E-state index in [1.165, 1.54) is 18.2 Å². The number of halogens is 1. The first-order chi connectivity index (χ1) is 16.3. The van der Waals surface area contributed by atoms with E-state index in [4.69, 9.17) is 4.74 Å². The first-order valence-corrected chi connectivity index (χ1v) is 11.6. The van der Waals surface area contributed by atoms with E-state index in [0.717, 1.165) is 22.9 Å². The highest BCUT2D eigenvalue weighted by atomic mass is 32.2. The first kappa shape index (κ1) is 25.0. The minimum atomic E-state index is -1.43. The Kier molecular flexibility index (Phi) is 8.08. The van der Waals surface area contributed by atoms with E-state index in [1.54, 1.807) is 13.0 Å². The van der Waals surface area contributed by atoms with Gasteiger partial charge in [0.2, 0.25) is 11.8 Å². The van der Waals surface area contributed by atoms with Crippen LogP contribution in [0.4, 0.5) is 10.1 Å². The van der Waals surface area contributed by atoms with E-state index >= 15 is 0 Å². The summed E-state index contributed by atoms with van der Waals surface area (Å²) in [5.74, 6) is -5.27. The van der Waals surface area contributed by atoms with Gasteiger partial charge in [0, 0.05) is 11.6 Å².